The average molecular weight is 257 g/mol. The van der Waals surface area contributed by atoms with Gasteiger partial charge in [-0.25, -0.2) is 0 Å². The van der Waals surface area contributed by atoms with Crippen LogP contribution in [0.2, 0.25) is 0 Å². The van der Waals surface area contributed by atoms with E-state index in [0.717, 1.165) is 22.2 Å². The van der Waals surface area contributed by atoms with Gasteiger partial charge in [-0.15, -0.1) is 0 Å². The lowest BCUT2D eigenvalue weighted by Crippen LogP contribution is -2.22. The van der Waals surface area contributed by atoms with Gasteiger partial charge in [0.05, 0.1) is 11.4 Å². The zero-order chi connectivity index (χ0) is 14.0. The molecule has 1 unspecified atom stereocenters. The minimum absolute atomic E-state index is 0.115. The van der Waals surface area contributed by atoms with Gasteiger partial charge in [0, 0.05) is 11.1 Å². The number of fused-ring (bicyclic) bond motifs is 1. The van der Waals surface area contributed by atoms with Crippen molar-refractivity contribution in [3.8, 4) is 0 Å². The molecule has 3 heteroatoms. The molecule has 0 spiro atoms. The van der Waals surface area contributed by atoms with E-state index in [1.54, 1.807) is 0 Å². The molecule has 3 nitrogen and oxygen atoms in total. The van der Waals surface area contributed by atoms with Gasteiger partial charge in [-0.3, -0.25) is 9.78 Å². The highest BCUT2D eigenvalue weighted by Gasteiger charge is 2.22. The number of rotatable bonds is 4. The van der Waals surface area contributed by atoms with E-state index in [1.807, 2.05) is 51.1 Å². The number of pyridine rings is 1. The van der Waals surface area contributed by atoms with Crippen LogP contribution in [-0.2, 0) is 11.2 Å². The Bertz CT molecular complexity index is 605. The number of aromatic nitrogens is 1. The van der Waals surface area contributed by atoms with Gasteiger partial charge < -0.3 is 5.11 Å². The SMILES string of the molecule is Cc1cc(CC(C(=O)O)C(C)C)c2ccccc2n1. The fourth-order valence-corrected chi connectivity index (χ4v) is 2.41. The van der Waals surface area contributed by atoms with Gasteiger partial charge in [-0.2, -0.15) is 0 Å². The minimum Gasteiger partial charge on any atom is -0.481 e. The smallest absolute Gasteiger partial charge is 0.307 e. The molecule has 0 saturated carbocycles. The van der Waals surface area contributed by atoms with Crippen molar-refractivity contribution >= 4 is 16.9 Å². The van der Waals surface area contributed by atoms with E-state index in [1.165, 1.54) is 0 Å². The molecule has 0 bridgehead atoms. The Morgan fingerprint density at radius 3 is 2.63 bits per heavy atom. The fraction of sp³-hybridized carbons (Fsp3) is 0.375. The summed E-state index contributed by atoms with van der Waals surface area (Å²) in [4.78, 5) is 15.8. The van der Waals surface area contributed by atoms with Crippen LogP contribution in [0.25, 0.3) is 10.9 Å². The Labute approximate surface area is 113 Å². The summed E-state index contributed by atoms with van der Waals surface area (Å²) >= 11 is 0. The standard InChI is InChI=1S/C16H19NO2/c1-10(2)14(16(18)19)9-12-8-11(3)17-15-7-5-4-6-13(12)15/h4-8,10,14H,9H2,1-3H3,(H,18,19). The van der Waals surface area contributed by atoms with Crippen LogP contribution in [0.15, 0.2) is 30.3 Å². The molecule has 2 rings (SSSR count). The summed E-state index contributed by atoms with van der Waals surface area (Å²) in [6, 6.07) is 9.90. The average Bonchev–Trinajstić information content (AvgIpc) is 2.34. The second-order valence-corrected chi connectivity index (χ2v) is 5.33. The number of hydrogen-bond donors (Lipinski definition) is 1. The Morgan fingerprint density at radius 1 is 1.32 bits per heavy atom. The number of para-hydroxylation sites is 1. The van der Waals surface area contributed by atoms with Crippen LogP contribution in [0, 0.1) is 18.8 Å². The maximum Gasteiger partial charge on any atom is 0.307 e. The van der Waals surface area contributed by atoms with Crippen molar-refractivity contribution in [2.45, 2.75) is 27.2 Å². The molecule has 0 aliphatic carbocycles. The van der Waals surface area contributed by atoms with Crippen molar-refractivity contribution in [2.24, 2.45) is 11.8 Å². The molecular weight excluding hydrogens is 238 g/mol. The van der Waals surface area contributed by atoms with Gasteiger partial charge in [-0.05, 0) is 37.0 Å². The third-order valence-electron chi connectivity index (χ3n) is 3.49. The van der Waals surface area contributed by atoms with Crippen molar-refractivity contribution in [3.05, 3.63) is 41.6 Å². The molecule has 0 radical (unpaired) electrons. The molecule has 1 atom stereocenters. The van der Waals surface area contributed by atoms with E-state index in [9.17, 15) is 9.90 Å². The zero-order valence-electron chi connectivity index (χ0n) is 11.6. The maximum atomic E-state index is 11.4. The summed E-state index contributed by atoms with van der Waals surface area (Å²) < 4.78 is 0. The zero-order valence-corrected chi connectivity index (χ0v) is 11.6. The number of carboxylic acid groups (broad SMARTS) is 1. The molecule has 0 aliphatic rings. The molecule has 0 amide bonds. The van der Waals surface area contributed by atoms with Crippen LogP contribution in [0.3, 0.4) is 0 Å². The van der Waals surface area contributed by atoms with E-state index in [4.69, 9.17) is 0 Å². The second kappa shape index (κ2) is 5.39. The molecule has 0 fully saturated rings. The summed E-state index contributed by atoms with van der Waals surface area (Å²) in [6.45, 7) is 5.85. The first kappa shape index (κ1) is 13.5. The van der Waals surface area contributed by atoms with Crippen LogP contribution < -0.4 is 0 Å². The van der Waals surface area contributed by atoms with Crippen molar-refractivity contribution in [1.29, 1.82) is 0 Å². The second-order valence-electron chi connectivity index (χ2n) is 5.33. The Balaban J connectivity index is 2.47. The Morgan fingerprint density at radius 2 is 2.00 bits per heavy atom. The number of nitrogens with zero attached hydrogens (tertiary/aromatic N) is 1. The van der Waals surface area contributed by atoms with Crippen molar-refractivity contribution < 1.29 is 9.90 Å². The van der Waals surface area contributed by atoms with Crippen LogP contribution in [-0.4, -0.2) is 16.1 Å². The predicted octanol–water partition coefficient (Wildman–Crippen LogP) is 3.44. The molecule has 0 saturated heterocycles. The molecule has 0 aliphatic heterocycles. The highest BCUT2D eigenvalue weighted by molar-refractivity contribution is 5.83. The van der Waals surface area contributed by atoms with Crippen LogP contribution >= 0.6 is 0 Å². The van der Waals surface area contributed by atoms with Gasteiger partial charge in [0.1, 0.15) is 0 Å². The molecule has 19 heavy (non-hydrogen) atoms. The number of carbonyl (C=O) groups is 1. The Kier molecular flexibility index (Phi) is 3.84. The highest BCUT2D eigenvalue weighted by atomic mass is 16.4. The molecule has 1 heterocycles. The number of aryl methyl sites for hydroxylation is 1. The largest absolute Gasteiger partial charge is 0.481 e. The van der Waals surface area contributed by atoms with Crippen molar-refractivity contribution in [3.63, 3.8) is 0 Å². The van der Waals surface area contributed by atoms with Gasteiger partial charge in [-0.1, -0.05) is 32.0 Å². The highest BCUT2D eigenvalue weighted by Crippen LogP contribution is 2.24. The Hall–Kier alpha value is -1.90. The third kappa shape index (κ3) is 2.92. The fourth-order valence-electron chi connectivity index (χ4n) is 2.41. The summed E-state index contributed by atoms with van der Waals surface area (Å²) in [5.74, 6) is -0.969. The molecular formula is C16H19NO2. The molecule has 2 aromatic rings. The summed E-state index contributed by atoms with van der Waals surface area (Å²) in [5, 5.41) is 10.4. The molecule has 1 N–H and O–H groups in total. The lowest BCUT2D eigenvalue weighted by atomic mass is 9.88. The van der Waals surface area contributed by atoms with E-state index in [-0.39, 0.29) is 11.8 Å². The normalized spacial score (nSPS) is 12.8. The quantitative estimate of drug-likeness (QED) is 0.912. The van der Waals surface area contributed by atoms with E-state index >= 15 is 0 Å². The lowest BCUT2D eigenvalue weighted by Gasteiger charge is -2.17. The van der Waals surface area contributed by atoms with Crippen molar-refractivity contribution in [1.82, 2.24) is 4.98 Å². The van der Waals surface area contributed by atoms with Gasteiger partial charge in [0.15, 0.2) is 0 Å². The molecule has 100 valence electrons. The number of carboxylic acids is 1. The first-order chi connectivity index (χ1) is 8.99. The van der Waals surface area contributed by atoms with Gasteiger partial charge in [0.2, 0.25) is 0 Å². The molecule has 1 aromatic carbocycles. The van der Waals surface area contributed by atoms with Crippen LogP contribution in [0.5, 0.6) is 0 Å². The monoisotopic (exact) mass is 257 g/mol. The van der Waals surface area contributed by atoms with E-state index in [0.29, 0.717) is 6.42 Å². The first-order valence-electron chi connectivity index (χ1n) is 6.57. The number of aliphatic carboxylic acids is 1. The van der Waals surface area contributed by atoms with Gasteiger partial charge in [0.25, 0.3) is 0 Å². The summed E-state index contributed by atoms with van der Waals surface area (Å²) in [7, 11) is 0. The third-order valence-corrected chi connectivity index (χ3v) is 3.49. The topological polar surface area (TPSA) is 50.2 Å². The van der Waals surface area contributed by atoms with Crippen LogP contribution in [0.1, 0.15) is 25.1 Å². The summed E-state index contributed by atoms with van der Waals surface area (Å²) in [5.41, 5.74) is 2.94. The number of hydrogen-bond acceptors (Lipinski definition) is 2. The maximum absolute atomic E-state index is 11.4. The van der Waals surface area contributed by atoms with E-state index in [2.05, 4.69) is 4.98 Å². The minimum atomic E-state index is -0.728. The first-order valence-corrected chi connectivity index (χ1v) is 6.57. The van der Waals surface area contributed by atoms with Crippen molar-refractivity contribution in [2.75, 3.05) is 0 Å². The summed E-state index contributed by atoms with van der Waals surface area (Å²) in [6.07, 6.45) is 0.552. The van der Waals surface area contributed by atoms with Gasteiger partial charge >= 0.3 is 5.97 Å². The predicted molar refractivity (Wildman–Crippen MR) is 76.1 cm³/mol. The number of benzene rings is 1. The van der Waals surface area contributed by atoms with E-state index < -0.39 is 5.97 Å². The lowest BCUT2D eigenvalue weighted by molar-refractivity contribution is -0.143. The van der Waals surface area contributed by atoms with Crippen LogP contribution in [0.4, 0.5) is 0 Å². The molecule has 1 aromatic heterocycles.